The summed E-state index contributed by atoms with van der Waals surface area (Å²) in [6.45, 7) is 0. The predicted molar refractivity (Wildman–Crippen MR) is 73.1 cm³/mol. The first kappa shape index (κ1) is 12.4. The Morgan fingerprint density at radius 2 is 1.63 bits per heavy atom. The van der Waals surface area contributed by atoms with Crippen LogP contribution in [0.4, 0.5) is 10.1 Å². The minimum absolute atomic E-state index is 0.100. The van der Waals surface area contributed by atoms with E-state index in [1.807, 2.05) is 0 Å². The summed E-state index contributed by atoms with van der Waals surface area (Å²) in [5, 5.41) is 2.90. The van der Waals surface area contributed by atoms with Gasteiger partial charge < -0.3 is 5.32 Å². The number of amides is 1. The number of halogens is 1. The summed E-state index contributed by atoms with van der Waals surface area (Å²) >= 11 is 0. The Kier molecular flexibility index (Phi) is 3.36. The van der Waals surface area contributed by atoms with E-state index in [-0.39, 0.29) is 17.6 Å². The quantitative estimate of drug-likeness (QED) is 0.805. The van der Waals surface area contributed by atoms with Crippen molar-refractivity contribution in [1.82, 2.24) is 0 Å². The number of carbonyl (C=O) groups excluding carboxylic acids is 1. The molecular formula is C16H18FNO. The molecule has 3 rings (SSSR count). The van der Waals surface area contributed by atoms with Gasteiger partial charge in [0.15, 0.2) is 0 Å². The van der Waals surface area contributed by atoms with Crippen LogP contribution in [0.1, 0.15) is 25.7 Å². The first-order valence-electron chi connectivity index (χ1n) is 6.97. The van der Waals surface area contributed by atoms with E-state index >= 15 is 0 Å². The SMILES string of the molecule is O=C(Nc1ccc(F)cc1)C1[C@@H]2CC/C=C\CC[C@@H]12. The van der Waals surface area contributed by atoms with Gasteiger partial charge >= 0.3 is 0 Å². The third-order valence-corrected chi connectivity index (χ3v) is 4.25. The molecule has 0 spiro atoms. The number of allylic oxidation sites excluding steroid dienone is 2. The monoisotopic (exact) mass is 259 g/mol. The van der Waals surface area contributed by atoms with Gasteiger partial charge in [-0.25, -0.2) is 4.39 Å². The molecule has 0 saturated heterocycles. The highest BCUT2D eigenvalue weighted by Crippen LogP contribution is 2.53. The zero-order valence-electron chi connectivity index (χ0n) is 10.8. The lowest BCUT2D eigenvalue weighted by molar-refractivity contribution is -0.117. The Morgan fingerprint density at radius 1 is 1.05 bits per heavy atom. The summed E-state index contributed by atoms with van der Waals surface area (Å²) in [5.74, 6) is 1.07. The Morgan fingerprint density at radius 3 is 2.21 bits per heavy atom. The second-order valence-corrected chi connectivity index (χ2v) is 5.48. The highest BCUT2D eigenvalue weighted by Gasteiger charge is 2.53. The van der Waals surface area contributed by atoms with Crippen molar-refractivity contribution in [3.05, 3.63) is 42.2 Å². The Balaban J connectivity index is 1.61. The molecule has 0 unspecified atom stereocenters. The Bertz CT molecular complexity index is 478. The molecule has 19 heavy (non-hydrogen) atoms. The number of benzene rings is 1. The van der Waals surface area contributed by atoms with Crippen molar-refractivity contribution in [2.24, 2.45) is 17.8 Å². The van der Waals surface area contributed by atoms with Gasteiger partial charge in [0.25, 0.3) is 0 Å². The van der Waals surface area contributed by atoms with Crippen molar-refractivity contribution in [3.8, 4) is 0 Å². The van der Waals surface area contributed by atoms with Crippen LogP contribution in [0.2, 0.25) is 0 Å². The first-order chi connectivity index (χ1) is 9.25. The van der Waals surface area contributed by atoms with Crippen molar-refractivity contribution in [2.75, 3.05) is 5.32 Å². The summed E-state index contributed by atoms with van der Waals surface area (Å²) in [6.07, 6.45) is 8.85. The lowest BCUT2D eigenvalue weighted by Crippen LogP contribution is -2.15. The van der Waals surface area contributed by atoms with E-state index in [4.69, 9.17) is 0 Å². The van der Waals surface area contributed by atoms with Gasteiger partial charge in [-0.15, -0.1) is 0 Å². The summed E-state index contributed by atoms with van der Waals surface area (Å²) < 4.78 is 12.8. The van der Waals surface area contributed by atoms with Gasteiger partial charge in [0.1, 0.15) is 5.82 Å². The largest absolute Gasteiger partial charge is 0.326 e. The van der Waals surface area contributed by atoms with Gasteiger partial charge in [0.05, 0.1) is 0 Å². The van der Waals surface area contributed by atoms with E-state index in [1.54, 1.807) is 12.1 Å². The molecule has 1 saturated carbocycles. The van der Waals surface area contributed by atoms with Gasteiger partial charge in [0.2, 0.25) is 5.91 Å². The van der Waals surface area contributed by atoms with Crippen LogP contribution in [0.3, 0.4) is 0 Å². The summed E-state index contributed by atoms with van der Waals surface area (Å²) in [7, 11) is 0. The molecule has 2 atom stereocenters. The number of rotatable bonds is 2. The average Bonchev–Trinajstić information content (AvgIpc) is 3.03. The predicted octanol–water partition coefficient (Wildman–Crippen LogP) is 3.76. The van der Waals surface area contributed by atoms with Crippen LogP contribution in [0, 0.1) is 23.6 Å². The highest BCUT2D eigenvalue weighted by molar-refractivity contribution is 5.94. The molecule has 1 N–H and O–H groups in total. The maximum Gasteiger partial charge on any atom is 0.228 e. The van der Waals surface area contributed by atoms with E-state index in [0.717, 1.165) is 25.7 Å². The third-order valence-electron chi connectivity index (χ3n) is 4.25. The molecule has 2 nitrogen and oxygen atoms in total. The van der Waals surface area contributed by atoms with Gasteiger partial charge in [0, 0.05) is 11.6 Å². The molecule has 1 aromatic rings. The fourth-order valence-electron chi connectivity index (χ4n) is 3.19. The number of nitrogens with one attached hydrogen (secondary N) is 1. The van der Waals surface area contributed by atoms with E-state index < -0.39 is 0 Å². The molecule has 0 bridgehead atoms. The van der Waals surface area contributed by atoms with E-state index in [0.29, 0.717) is 17.5 Å². The molecule has 0 heterocycles. The van der Waals surface area contributed by atoms with Crippen LogP contribution in [-0.2, 0) is 4.79 Å². The van der Waals surface area contributed by atoms with Gasteiger partial charge in [-0.2, -0.15) is 0 Å². The lowest BCUT2D eigenvalue weighted by atomic mass is 10.1. The van der Waals surface area contributed by atoms with Crippen LogP contribution in [0.25, 0.3) is 0 Å². The molecule has 0 aliphatic heterocycles. The number of anilines is 1. The maximum atomic E-state index is 12.8. The van der Waals surface area contributed by atoms with Gasteiger partial charge in [-0.3, -0.25) is 4.79 Å². The number of fused-ring (bicyclic) bond motifs is 1. The fourth-order valence-corrected chi connectivity index (χ4v) is 3.19. The van der Waals surface area contributed by atoms with Crippen molar-refractivity contribution >= 4 is 11.6 Å². The summed E-state index contributed by atoms with van der Waals surface area (Å²) in [4.78, 5) is 12.2. The third kappa shape index (κ3) is 2.70. The number of hydrogen-bond acceptors (Lipinski definition) is 1. The fraction of sp³-hybridized carbons (Fsp3) is 0.438. The topological polar surface area (TPSA) is 29.1 Å². The van der Waals surface area contributed by atoms with Gasteiger partial charge in [-0.05, 0) is 61.8 Å². The number of hydrogen-bond donors (Lipinski definition) is 1. The van der Waals surface area contributed by atoms with Crippen LogP contribution in [0.5, 0.6) is 0 Å². The Hall–Kier alpha value is -1.64. The second-order valence-electron chi connectivity index (χ2n) is 5.48. The molecule has 3 heteroatoms. The minimum atomic E-state index is -0.280. The van der Waals surface area contributed by atoms with Crippen molar-refractivity contribution < 1.29 is 9.18 Å². The summed E-state index contributed by atoms with van der Waals surface area (Å²) in [5.41, 5.74) is 0.684. The molecular weight excluding hydrogens is 241 g/mol. The molecule has 100 valence electrons. The zero-order valence-corrected chi connectivity index (χ0v) is 10.8. The van der Waals surface area contributed by atoms with E-state index in [2.05, 4.69) is 17.5 Å². The molecule has 1 aromatic carbocycles. The molecule has 1 amide bonds. The Labute approximate surface area is 112 Å². The maximum absolute atomic E-state index is 12.8. The lowest BCUT2D eigenvalue weighted by Gasteiger charge is -2.04. The zero-order chi connectivity index (χ0) is 13.2. The average molecular weight is 259 g/mol. The summed E-state index contributed by atoms with van der Waals surface area (Å²) in [6, 6.07) is 5.96. The highest BCUT2D eigenvalue weighted by atomic mass is 19.1. The molecule has 1 fully saturated rings. The van der Waals surface area contributed by atoms with E-state index in [1.165, 1.54) is 12.1 Å². The number of carbonyl (C=O) groups is 1. The van der Waals surface area contributed by atoms with E-state index in [9.17, 15) is 9.18 Å². The van der Waals surface area contributed by atoms with Crippen LogP contribution in [0.15, 0.2) is 36.4 Å². The van der Waals surface area contributed by atoms with Crippen molar-refractivity contribution in [2.45, 2.75) is 25.7 Å². The molecule has 0 aromatic heterocycles. The minimum Gasteiger partial charge on any atom is -0.326 e. The second kappa shape index (κ2) is 5.16. The normalized spacial score (nSPS) is 30.7. The first-order valence-corrected chi connectivity index (χ1v) is 6.97. The standard InChI is InChI=1S/C16H18FNO/c17-11-7-9-12(10-8-11)18-16(19)15-13-5-3-1-2-4-6-14(13)15/h1-2,7-10,13-15H,3-6H2,(H,18,19)/b2-1-/t13-,14-/m1/s1. The molecule has 2 aliphatic rings. The smallest absolute Gasteiger partial charge is 0.228 e. The van der Waals surface area contributed by atoms with Gasteiger partial charge in [-0.1, -0.05) is 12.2 Å². The molecule has 2 aliphatic carbocycles. The van der Waals surface area contributed by atoms with Crippen LogP contribution in [-0.4, -0.2) is 5.91 Å². The van der Waals surface area contributed by atoms with Crippen molar-refractivity contribution in [3.63, 3.8) is 0 Å². The van der Waals surface area contributed by atoms with Crippen LogP contribution >= 0.6 is 0 Å². The molecule has 0 radical (unpaired) electrons. The van der Waals surface area contributed by atoms with Crippen LogP contribution < -0.4 is 5.32 Å². The van der Waals surface area contributed by atoms with Crippen molar-refractivity contribution in [1.29, 1.82) is 0 Å².